The van der Waals surface area contributed by atoms with Gasteiger partial charge in [-0.1, -0.05) is 20.8 Å². The SMILES string of the molecule is CC(C)(C)OCCN1CCN(c2cnc(CCC(C)(C)N3CCN(CCCn4cc(C(C)(C)C)cn4)CC3)cn2)CC1. The van der Waals surface area contributed by atoms with Crippen LogP contribution in [0.2, 0.25) is 0 Å². The van der Waals surface area contributed by atoms with Gasteiger partial charge in [0.05, 0.1) is 36.5 Å². The Morgan fingerprint density at radius 1 is 0.738 bits per heavy atom. The van der Waals surface area contributed by atoms with Gasteiger partial charge in [0.25, 0.3) is 0 Å². The lowest BCUT2D eigenvalue weighted by Gasteiger charge is -2.44. The summed E-state index contributed by atoms with van der Waals surface area (Å²) < 4.78 is 8.01. The van der Waals surface area contributed by atoms with Crippen LogP contribution in [0.15, 0.2) is 24.8 Å². The van der Waals surface area contributed by atoms with Crippen LogP contribution in [-0.4, -0.2) is 118 Å². The predicted molar refractivity (Wildman–Crippen MR) is 172 cm³/mol. The van der Waals surface area contributed by atoms with Crippen LogP contribution in [0, 0.1) is 0 Å². The fourth-order valence-corrected chi connectivity index (χ4v) is 5.82. The molecule has 4 rings (SSSR count). The van der Waals surface area contributed by atoms with Gasteiger partial charge in [0, 0.05) is 77.2 Å². The molecular weight excluding hydrogens is 524 g/mol. The van der Waals surface area contributed by atoms with Crippen molar-refractivity contribution in [2.24, 2.45) is 0 Å². The van der Waals surface area contributed by atoms with Crippen LogP contribution in [-0.2, 0) is 23.1 Å². The summed E-state index contributed by atoms with van der Waals surface area (Å²) in [6.45, 7) is 30.4. The van der Waals surface area contributed by atoms with E-state index < -0.39 is 0 Å². The molecule has 2 aromatic heterocycles. The van der Waals surface area contributed by atoms with Gasteiger partial charge in [-0.3, -0.25) is 19.5 Å². The van der Waals surface area contributed by atoms with Crippen LogP contribution in [0.4, 0.5) is 5.82 Å². The number of aryl methyl sites for hydroxylation is 2. The lowest BCUT2D eigenvalue weighted by molar-refractivity contribution is -0.0135. The molecule has 2 aliphatic heterocycles. The molecule has 0 N–H and O–H groups in total. The van der Waals surface area contributed by atoms with E-state index in [1.54, 1.807) is 0 Å². The molecule has 9 nitrogen and oxygen atoms in total. The molecule has 0 radical (unpaired) electrons. The first-order chi connectivity index (χ1) is 19.8. The minimum atomic E-state index is -0.0672. The largest absolute Gasteiger partial charge is 0.375 e. The Balaban J connectivity index is 1.13. The second kappa shape index (κ2) is 14.1. The highest BCUT2D eigenvalue weighted by molar-refractivity contribution is 5.36. The summed E-state index contributed by atoms with van der Waals surface area (Å²) >= 11 is 0. The zero-order valence-electron chi connectivity index (χ0n) is 27.9. The van der Waals surface area contributed by atoms with Gasteiger partial charge >= 0.3 is 0 Å². The van der Waals surface area contributed by atoms with Crippen LogP contribution >= 0.6 is 0 Å². The van der Waals surface area contributed by atoms with Crippen molar-refractivity contribution in [2.75, 3.05) is 77.0 Å². The number of nitrogens with zero attached hydrogens (tertiary/aromatic N) is 8. The average molecular weight is 583 g/mol. The molecule has 9 heteroatoms. The standard InChI is InChI=1S/C33H58N8O/c1-31(2,3)28-24-36-41(27-28)13-9-12-37-16-20-40(21-17-37)33(7,8)11-10-29-25-35-30(26-34-29)39-18-14-38(15-19-39)22-23-42-32(4,5)6/h24-27H,9-23H2,1-8H3. The molecule has 0 saturated carbocycles. The molecule has 4 heterocycles. The first-order valence-electron chi connectivity index (χ1n) is 16.2. The van der Waals surface area contributed by atoms with Gasteiger partial charge in [-0.25, -0.2) is 4.98 Å². The monoisotopic (exact) mass is 582 g/mol. The maximum absolute atomic E-state index is 5.90. The van der Waals surface area contributed by atoms with E-state index >= 15 is 0 Å². The van der Waals surface area contributed by atoms with E-state index in [0.29, 0.717) is 0 Å². The second-order valence-corrected chi connectivity index (χ2v) is 14.9. The van der Waals surface area contributed by atoms with Crippen molar-refractivity contribution in [1.29, 1.82) is 0 Å². The highest BCUT2D eigenvalue weighted by atomic mass is 16.5. The van der Waals surface area contributed by atoms with E-state index in [4.69, 9.17) is 14.7 Å². The molecule has 0 aliphatic carbocycles. The second-order valence-electron chi connectivity index (χ2n) is 14.9. The van der Waals surface area contributed by atoms with Crippen molar-refractivity contribution in [3.63, 3.8) is 0 Å². The zero-order valence-corrected chi connectivity index (χ0v) is 27.9. The van der Waals surface area contributed by atoms with Crippen molar-refractivity contribution in [1.82, 2.24) is 34.4 Å². The first kappa shape index (κ1) is 32.8. The Labute approximate surface area is 255 Å². The molecule has 2 aromatic rings. The van der Waals surface area contributed by atoms with E-state index in [-0.39, 0.29) is 16.6 Å². The summed E-state index contributed by atoms with van der Waals surface area (Å²) in [4.78, 5) is 19.7. The van der Waals surface area contributed by atoms with E-state index in [2.05, 4.69) is 91.0 Å². The van der Waals surface area contributed by atoms with Crippen LogP contribution < -0.4 is 4.90 Å². The minimum Gasteiger partial charge on any atom is -0.375 e. The van der Waals surface area contributed by atoms with Gasteiger partial charge in [-0.05, 0) is 71.4 Å². The number of aromatic nitrogens is 4. The molecule has 0 aromatic carbocycles. The molecule has 0 atom stereocenters. The molecule has 0 amide bonds. The van der Waals surface area contributed by atoms with Gasteiger partial charge < -0.3 is 14.5 Å². The summed E-state index contributed by atoms with van der Waals surface area (Å²) in [7, 11) is 0. The minimum absolute atomic E-state index is 0.0672. The normalized spacial score (nSPS) is 18.6. The Kier molecular flexibility index (Phi) is 11.1. The van der Waals surface area contributed by atoms with E-state index in [1.807, 2.05) is 18.6 Å². The molecule has 2 fully saturated rings. The Morgan fingerprint density at radius 3 is 2.00 bits per heavy atom. The molecule has 0 spiro atoms. The number of hydrogen-bond donors (Lipinski definition) is 0. The topological polar surface area (TPSA) is 65.8 Å². The van der Waals surface area contributed by atoms with Gasteiger partial charge in [-0.2, -0.15) is 5.10 Å². The van der Waals surface area contributed by atoms with Crippen molar-refractivity contribution in [3.8, 4) is 0 Å². The van der Waals surface area contributed by atoms with Crippen LogP contribution in [0.25, 0.3) is 0 Å². The van der Waals surface area contributed by atoms with Crippen molar-refractivity contribution in [3.05, 3.63) is 36.0 Å². The highest BCUT2D eigenvalue weighted by Crippen LogP contribution is 2.24. The Hall–Kier alpha value is -2.07. The molecule has 2 aliphatic rings. The number of hydrogen-bond acceptors (Lipinski definition) is 8. The molecule has 236 valence electrons. The molecule has 42 heavy (non-hydrogen) atoms. The summed E-state index contributed by atoms with van der Waals surface area (Å²) in [5, 5.41) is 4.57. The number of ether oxygens (including phenoxy) is 1. The van der Waals surface area contributed by atoms with Gasteiger partial charge in [0.2, 0.25) is 0 Å². The first-order valence-corrected chi connectivity index (χ1v) is 16.2. The fourth-order valence-electron chi connectivity index (χ4n) is 5.82. The van der Waals surface area contributed by atoms with Gasteiger partial charge in [0.1, 0.15) is 5.82 Å². The van der Waals surface area contributed by atoms with Crippen molar-refractivity contribution >= 4 is 5.82 Å². The molecule has 2 saturated heterocycles. The maximum Gasteiger partial charge on any atom is 0.147 e. The Bertz CT molecular complexity index is 1070. The summed E-state index contributed by atoms with van der Waals surface area (Å²) in [6, 6.07) is 0. The Morgan fingerprint density at radius 2 is 1.40 bits per heavy atom. The lowest BCUT2D eigenvalue weighted by atomic mass is 9.90. The third-order valence-corrected chi connectivity index (χ3v) is 8.91. The number of anilines is 1. The van der Waals surface area contributed by atoms with E-state index in [1.165, 1.54) is 5.56 Å². The third-order valence-electron chi connectivity index (χ3n) is 8.91. The molecule has 0 unspecified atom stereocenters. The molecular formula is C33H58N8O. The average Bonchev–Trinajstić information content (AvgIpc) is 3.42. The predicted octanol–water partition coefficient (Wildman–Crippen LogP) is 4.33. The smallest absolute Gasteiger partial charge is 0.147 e. The van der Waals surface area contributed by atoms with E-state index in [0.717, 1.165) is 109 Å². The summed E-state index contributed by atoms with van der Waals surface area (Å²) in [6.07, 6.45) is 11.4. The van der Waals surface area contributed by atoms with Crippen LogP contribution in [0.3, 0.4) is 0 Å². The molecule has 0 bridgehead atoms. The maximum atomic E-state index is 5.90. The lowest BCUT2D eigenvalue weighted by Crippen LogP contribution is -2.54. The van der Waals surface area contributed by atoms with Crippen molar-refractivity contribution < 1.29 is 4.74 Å². The fraction of sp³-hybridized carbons (Fsp3) is 0.788. The van der Waals surface area contributed by atoms with Crippen LogP contribution in [0.1, 0.15) is 79.5 Å². The highest BCUT2D eigenvalue weighted by Gasteiger charge is 2.30. The zero-order chi connectivity index (χ0) is 30.4. The van der Waals surface area contributed by atoms with E-state index in [9.17, 15) is 0 Å². The summed E-state index contributed by atoms with van der Waals surface area (Å²) in [5.41, 5.74) is 2.65. The third kappa shape index (κ3) is 10.00. The number of piperazine rings is 2. The quantitative estimate of drug-likeness (QED) is 0.367. The van der Waals surface area contributed by atoms with Crippen molar-refractivity contribution in [2.45, 2.75) is 97.8 Å². The van der Waals surface area contributed by atoms with Gasteiger partial charge in [-0.15, -0.1) is 0 Å². The summed E-state index contributed by atoms with van der Waals surface area (Å²) in [5.74, 6) is 1.00. The van der Waals surface area contributed by atoms with Crippen LogP contribution in [0.5, 0.6) is 0 Å². The number of rotatable bonds is 12. The van der Waals surface area contributed by atoms with Gasteiger partial charge in [0.15, 0.2) is 0 Å².